The predicted octanol–water partition coefficient (Wildman–Crippen LogP) is 2.12. The predicted molar refractivity (Wildman–Crippen MR) is 81.2 cm³/mol. The molecule has 114 valence electrons. The Balaban J connectivity index is 3.35. The topological polar surface area (TPSA) is 98.5 Å². The number of carbonyl (C=O) groups is 1. The van der Waals surface area contributed by atoms with Crippen LogP contribution >= 0.6 is 11.3 Å². The van der Waals surface area contributed by atoms with Crippen LogP contribution in [0.4, 0.5) is 10.7 Å². The van der Waals surface area contributed by atoms with Gasteiger partial charge in [0.15, 0.2) is 9.84 Å². The molecule has 1 aromatic heterocycles. The van der Waals surface area contributed by atoms with E-state index in [2.05, 4.69) is 5.32 Å². The SMILES string of the molecule is CCOC(=O)c1sc(NC(C)CC)c(S(C)(=O)=O)c1N. The van der Waals surface area contributed by atoms with Gasteiger partial charge in [0.25, 0.3) is 0 Å². The van der Waals surface area contributed by atoms with E-state index in [-0.39, 0.29) is 28.1 Å². The van der Waals surface area contributed by atoms with Crippen LogP contribution in [-0.2, 0) is 14.6 Å². The second-order valence-corrected chi connectivity index (χ2v) is 7.42. The highest BCUT2D eigenvalue weighted by molar-refractivity contribution is 7.91. The molecule has 0 radical (unpaired) electrons. The van der Waals surface area contributed by atoms with Gasteiger partial charge in [0.1, 0.15) is 14.8 Å². The van der Waals surface area contributed by atoms with Gasteiger partial charge in [-0.25, -0.2) is 13.2 Å². The highest BCUT2D eigenvalue weighted by atomic mass is 32.2. The molecule has 1 atom stereocenters. The monoisotopic (exact) mass is 320 g/mol. The molecule has 0 saturated heterocycles. The van der Waals surface area contributed by atoms with Crippen LogP contribution in [0.3, 0.4) is 0 Å². The van der Waals surface area contributed by atoms with Crippen molar-refractivity contribution in [2.45, 2.75) is 38.1 Å². The zero-order chi connectivity index (χ0) is 15.5. The zero-order valence-electron chi connectivity index (χ0n) is 12.0. The summed E-state index contributed by atoms with van der Waals surface area (Å²) in [5.74, 6) is -0.600. The largest absolute Gasteiger partial charge is 0.462 e. The maximum Gasteiger partial charge on any atom is 0.350 e. The number of sulfone groups is 1. The van der Waals surface area contributed by atoms with E-state index in [1.165, 1.54) is 0 Å². The van der Waals surface area contributed by atoms with Crippen molar-refractivity contribution in [3.05, 3.63) is 4.88 Å². The Morgan fingerprint density at radius 3 is 2.50 bits per heavy atom. The third-order valence-corrected chi connectivity index (χ3v) is 5.13. The number of hydrogen-bond acceptors (Lipinski definition) is 7. The van der Waals surface area contributed by atoms with E-state index in [4.69, 9.17) is 10.5 Å². The Bertz CT molecular complexity index is 593. The van der Waals surface area contributed by atoms with Crippen molar-refractivity contribution < 1.29 is 17.9 Å². The summed E-state index contributed by atoms with van der Waals surface area (Å²) in [6.45, 7) is 5.78. The first-order valence-electron chi connectivity index (χ1n) is 6.28. The van der Waals surface area contributed by atoms with Gasteiger partial charge in [0, 0.05) is 12.3 Å². The average Bonchev–Trinajstić information content (AvgIpc) is 2.65. The fraction of sp³-hybridized carbons (Fsp3) is 0.583. The highest BCUT2D eigenvalue weighted by Gasteiger charge is 2.28. The van der Waals surface area contributed by atoms with E-state index >= 15 is 0 Å². The molecule has 1 rings (SSSR count). The van der Waals surface area contributed by atoms with E-state index in [1.54, 1.807) is 6.92 Å². The first-order chi connectivity index (χ1) is 9.22. The highest BCUT2D eigenvalue weighted by Crippen LogP contribution is 2.40. The standard InChI is InChI=1S/C12H20N2O4S2/c1-5-7(3)14-11-10(20(4,16)17)8(13)9(19-11)12(15)18-6-2/h7,14H,5-6,13H2,1-4H3. The van der Waals surface area contributed by atoms with Gasteiger partial charge in [0.05, 0.1) is 12.3 Å². The van der Waals surface area contributed by atoms with E-state index in [0.717, 1.165) is 24.0 Å². The number of thiophene rings is 1. The molecule has 0 spiro atoms. The second-order valence-electron chi connectivity index (χ2n) is 4.45. The van der Waals surface area contributed by atoms with Crippen LogP contribution in [0, 0.1) is 0 Å². The molecular weight excluding hydrogens is 300 g/mol. The number of nitrogen functional groups attached to an aromatic ring is 1. The molecule has 0 aliphatic heterocycles. The normalized spacial score (nSPS) is 13.0. The number of rotatable bonds is 6. The maximum absolute atomic E-state index is 11.9. The minimum absolute atomic E-state index is 0.0224. The van der Waals surface area contributed by atoms with E-state index in [9.17, 15) is 13.2 Å². The lowest BCUT2D eigenvalue weighted by molar-refractivity contribution is 0.0533. The van der Waals surface area contributed by atoms with E-state index in [0.29, 0.717) is 5.00 Å². The molecule has 20 heavy (non-hydrogen) atoms. The summed E-state index contributed by atoms with van der Waals surface area (Å²) >= 11 is 1.01. The summed E-state index contributed by atoms with van der Waals surface area (Å²) in [5.41, 5.74) is 5.79. The van der Waals surface area contributed by atoms with E-state index < -0.39 is 15.8 Å². The Hall–Kier alpha value is -1.28. The van der Waals surface area contributed by atoms with Gasteiger partial charge in [-0.15, -0.1) is 11.3 Å². The molecule has 0 aliphatic rings. The van der Waals surface area contributed by atoms with Gasteiger partial charge < -0.3 is 15.8 Å². The number of hydrogen-bond donors (Lipinski definition) is 2. The lowest BCUT2D eigenvalue weighted by Crippen LogP contribution is -2.14. The van der Waals surface area contributed by atoms with Crippen LogP contribution in [0.5, 0.6) is 0 Å². The summed E-state index contributed by atoms with van der Waals surface area (Å²) < 4.78 is 28.6. The van der Waals surface area contributed by atoms with Crippen LogP contribution < -0.4 is 11.1 Å². The number of nitrogens with two attached hydrogens (primary N) is 1. The van der Waals surface area contributed by atoms with Crippen LogP contribution in [0.25, 0.3) is 0 Å². The molecule has 0 saturated carbocycles. The van der Waals surface area contributed by atoms with Crippen molar-refractivity contribution >= 4 is 37.8 Å². The fourth-order valence-electron chi connectivity index (χ4n) is 1.57. The van der Waals surface area contributed by atoms with Crippen molar-refractivity contribution in [2.75, 3.05) is 23.9 Å². The molecule has 6 nitrogen and oxygen atoms in total. The summed E-state index contributed by atoms with van der Waals surface area (Å²) in [7, 11) is -3.53. The van der Waals surface area contributed by atoms with Gasteiger partial charge in [-0.2, -0.15) is 0 Å². The van der Waals surface area contributed by atoms with Gasteiger partial charge in [-0.05, 0) is 20.3 Å². The van der Waals surface area contributed by atoms with Gasteiger partial charge in [0.2, 0.25) is 0 Å². The van der Waals surface area contributed by atoms with Crippen LogP contribution in [0.15, 0.2) is 4.90 Å². The molecule has 3 N–H and O–H groups in total. The summed E-state index contributed by atoms with van der Waals surface area (Å²) in [5, 5.41) is 3.47. The Morgan fingerprint density at radius 1 is 1.45 bits per heavy atom. The third kappa shape index (κ3) is 3.63. The number of esters is 1. The minimum atomic E-state index is -3.53. The van der Waals surface area contributed by atoms with Crippen molar-refractivity contribution in [2.24, 2.45) is 0 Å². The lowest BCUT2D eigenvalue weighted by atomic mass is 10.3. The van der Waals surface area contributed by atoms with Crippen LogP contribution in [0.1, 0.15) is 36.9 Å². The number of carbonyl (C=O) groups excluding carboxylic acids is 1. The molecule has 0 bridgehead atoms. The Morgan fingerprint density at radius 2 is 2.05 bits per heavy atom. The molecule has 0 aliphatic carbocycles. The van der Waals surface area contributed by atoms with Crippen LogP contribution in [0.2, 0.25) is 0 Å². The second kappa shape index (κ2) is 6.45. The molecule has 0 aromatic carbocycles. The van der Waals surface area contributed by atoms with E-state index in [1.807, 2.05) is 13.8 Å². The number of anilines is 2. The molecule has 1 aromatic rings. The van der Waals surface area contributed by atoms with Crippen molar-refractivity contribution in [1.82, 2.24) is 0 Å². The Labute approximate surface area is 123 Å². The molecule has 8 heteroatoms. The summed E-state index contributed by atoms with van der Waals surface area (Å²) in [6, 6.07) is 0.0728. The van der Waals surface area contributed by atoms with Gasteiger partial charge >= 0.3 is 5.97 Å². The van der Waals surface area contributed by atoms with Crippen molar-refractivity contribution in [1.29, 1.82) is 0 Å². The van der Waals surface area contributed by atoms with Crippen LogP contribution in [-0.4, -0.2) is 33.3 Å². The maximum atomic E-state index is 11.9. The fourth-order valence-corrected chi connectivity index (χ4v) is 4.13. The third-order valence-electron chi connectivity index (χ3n) is 2.72. The Kier molecular flexibility index (Phi) is 5.41. The lowest BCUT2D eigenvalue weighted by Gasteiger charge is -2.12. The van der Waals surface area contributed by atoms with Crippen molar-refractivity contribution in [3.63, 3.8) is 0 Å². The molecule has 0 amide bonds. The molecule has 1 heterocycles. The first kappa shape index (κ1) is 16.8. The van der Waals surface area contributed by atoms with Crippen molar-refractivity contribution in [3.8, 4) is 0 Å². The molecular formula is C12H20N2O4S2. The van der Waals surface area contributed by atoms with Gasteiger partial charge in [-0.3, -0.25) is 0 Å². The summed E-state index contributed by atoms with van der Waals surface area (Å²) in [6.07, 6.45) is 1.89. The first-order valence-corrected chi connectivity index (χ1v) is 8.99. The molecule has 1 unspecified atom stereocenters. The number of nitrogens with one attached hydrogen (secondary N) is 1. The average molecular weight is 320 g/mol. The summed E-state index contributed by atoms with van der Waals surface area (Å²) in [4.78, 5) is 11.9. The van der Waals surface area contributed by atoms with Gasteiger partial charge in [-0.1, -0.05) is 6.92 Å². The minimum Gasteiger partial charge on any atom is -0.462 e. The quantitative estimate of drug-likeness (QED) is 0.779. The zero-order valence-corrected chi connectivity index (χ0v) is 13.7. The smallest absolute Gasteiger partial charge is 0.350 e. The molecule has 0 fully saturated rings. The number of ether oxygens (including phenoxy) is 1.